The minimum atomic E-state index is 0.0462. The molecule has 1 aliphatic rings. The second kappa shape index (κ2) is 3.96. The van der Waals surface area contributed by atoms with Crippen LogP contribution in [-0.4, -0.2) is 11.1 Å². The summed E-state index contributed by atoms with van der Waals surface area (Å²) in [7, 11) is 0. The number of hydrogen-bond donors (Lipinski definition) is 1. The van der Waals surface area contributed by atoms with Crippen molar-refractivity contribution < 1.29 is 4.74 Å². The van der Waals surface area contributed by atoms with E-state index in [1.165, 1.54) is 0 Å². The van der Waals surface area contributed by atoms with Crippen LogP contribution in [0, 0.1) is 0 Å². The second-order valence-corrected chi connectivity index (χ2v) is 3.82. The van der Waals surface area contributed by atoms with Gasteiger partial charge in [0.15, 0.2) is 0 Å². The van der Waals surface area contributed by atoms with E-state index in [-0.39, 0.29) is 6.10 Å². The van der Waals surface area contributed by atoms with Crippen molar-refractivity contribution in [2.75, 3.05) is 5.32 Å². The highest BCUT2D eigenvalue weighted by molar-refractivity contribution is 7.80. The number of ether oxygens (including phenoxy) is 1. The summed E-state index contributed by atoms with van der Waals surface area (Å²) in [6.45, 7) is 2.13. The van der Waals surface area contributed by atoms with Crippen LogP contribution in [0.4, 0.5) is 5.69 Å². The van der Waals surface area contributed by atoms with Crippen LogP contribution in [0.15, 0.2) is 24.3 Å². The SMILES string of the molecule is CCCC1Oc2ccccc2NC1=S. The quantitative estimate of drug-likeness (QED) is 0.753. The molecule has 0 aromatic heterocycles. The Morgan fingerprint density at radius 3 is 3.00 bits per heavy atom. The van der Waals surface area contributed by atoms with Crippen LogP contribution in [0.1, 0.15) is 19.8 Å². The topological polar surface area (TPSA) is 21.3 Å². The standard InChI is InChI=1S/C11H13NOS/c1-2-5-10-11(14)12-8-6-3-4-7-9(8)13-10/h3-4,6-7,10H,2,5H2,1H3,(H,12,14). The molecule has 2 nitrogen and oxygen atoms in total. The molecule has 2 rings (SSSR count). The Kier molecular flexibility index (Phi) is 2.68. The van der Waals surface area contributed by atoms with Gasteiger partial charge in [0.25, 0.3) is 0 Å². The fourth-order valence-electron chi connectivity index (χ4n) is 1.54. The maximum Gasteiger partial charge on any atom is 0.149 e. The van der Waals surface area contributed by atoms with E-state index >= 15 is 0 Å². The molecule has 1 aliphatic heterocycles. The third-order valence-corrected chi connectivity index (χ3v) is 2.62. The number of anilines is 1. The zero-order valence-corrected chi connectivity index (χ0v) is 8.93. The average Bonchev–Trinajstić information content (AvgIpc) is 2.19. The van der Waals surface area contributed by atoms with Crippen LogP contribution in [0.5, 0.6) is 5.75 Å². The van der Waals surface area contributed by atoms with Crippen molar-refractivity contribution >= 4 is 22.9 Å². The lowest BCUT2D eigenvalue weighted by Gasteiger charge is -2.27. The van der Waals surface area contributed by atoms with Crippen molar-refractivity contribution in [3.8, 4) is 5.75 Å². The first kappa shape index (κ1) is 9.46. The van der Waals surface area contributed by atoms with Gasteiger partial charge >= 0.3 is 0 Å². The Balaban J connectivity index is 2.22. The van der Waals surface area contributed by atoms with E-state index < -0.39 is 0 Å². The molecule has 1 unspecified atom stereocenters. The lowest BCUT2D eigenvalue weighted by molar-refractivity contribution is 0.253. The first-order valence-corrected chi connectivity index (χ1v) is 5.28. The van der Waals surface area contributed by atoms with Gasteiger partial charge < -0.3 is 10.1 Å². The maximum atomic E-state index is 5.78. The number of rotatable bonds is 2. The van der Waals surface area contributed by atoms with Gasteiger partial charge in [0.1, 0.15) is 16.8 Å². The number of hydrogen-bond acceptors (Lipinski definition) is 2. The van der Waals surface area contributed by atoms with Crippen molar-refractivity contribution in [2.45, 2.75) is 25.9 Å². The second-order valence-electron chi connectivity index (χ2n) is 3.38. The molecule has 0 saturated heterocycles. The van der Waals surface area contributed by atoms with E-state index in [1.807, 2.05) is 24.3 Å². The summed E-state index contributed by atoms with van der Waals surface area (Å²) in [5.41, 5.74) is 0.977. The molecule has 1 atom stereocenters. The molecule has 0 bridgehead atoms. The van der Waals surface area contributed by atoms with Gasteiger partial charge in [-0.1, -0.05) is 37.7 Å². The number of para-hydroxylation sites is 2. The molecule has 0 fully saturated rings. The largest absolute Gasteiger partial charge is 0.481 e. The first-order chi connectivity index (χ1) is 6.81. The molecule has 0 radical (unpaired) electrons. The van der Waals surface area contributed by atoms with E-state index in [9.17, 15) is 0 Å². The summed E-state index contributed by atoms with van der Waals surface area (Å²) in [4.78, 5) is 0.797. The lowest BCUT2D eigenvalue weighted by Crippen LogP contribution is -2.35. The number of fused-ring (bicyclic) bond motifs is 1. The van der Waals surface area contributed by atoms with Gasteiger partial charge in [0.2, 0.25) is 0 Å². The number of thiocarbonyl (C=S) groups is 1. The first-order valence-electron chi connectivity index (χ1n) is 4.88. The van der Waals surface area contributed by atoms with Crippen LogP contribution in [-0.2, 0) is 0 Å². The van der Waals surface area contributed by atoms with E-state index in [0.29, 0.717) is 0 Å². The Morgan fingerprint density at radius 2 is 2.21 bits per heavy atom. The van der Waals surface area contributed by atoms with Gasteiger partial charge in [0.05, 0.1) is 5.69 Å². The predicted octanol–water partition coefficient (Wildman–Crippen LogP) is 2.99. The number of benzene rings is 1. The summed E-state index contributed by atoms with van der Waals surface area (Å²) in [6.07, 6.45) is 2.10. The highest BCUT2D eigenvalue weighted by Gasteiger charge is 2.22. The molecule has 0 saturated carbocycles. The third kappa shape index (κ3) is 1.73. The van der Waals surface area contributed by atoms with E-state index in [1.54, 1.807) is 0 Å². The molecule has 0 aliphatic carbocycles. The Hall–Kier alpha value is -1.09. The molecule has 1 aromatic carbocycles. The van der Waals surface area contributed by atoms with E-state index in [2.05, 4.69) is 12.2 Å². The Bertz CT molecular complexity index is 351. The van der Waals surface area contributed by atoms with Crippen LogP contribution >= 0.6 is 12.2 Å². The molecule has 1 heterocycles. The highest BCUT2D eigenvalue weighted by atomic mass is 32.1. The molecule has 1 aromatic rings. The maximum absolute atomic E-state index is 5.78. The van der Waals surface area contributed by atoms with Gasteiger partial charge in [-0.25, -0.2) is 0 Å². The summed E-state index contributed by atoms with van der Waals surface area (Å²) in [5, 5.41) is 3.20. The normalized spacial score (nSPS) is 19.5. The van der Waals surface area contributed by atoms with Crippen LogP contribution < -0.4 is 10.1 Å². The van der Waals surface area contributed by atoms with Gasteiger partial charge in [-0.3, -0.25) is 0 Å². The lowest BCUT2D eigenvalue weighted by atomic mass is 10.1. The number of nitrogens with one attached hydrogen (secondary N) is 1. The molecule has 0 amide bonds. The zero-order valence-electron chi connectivity index (χ0n) is 8.12. The third-order valence-electron chi connectivity index (χ3n) is 2.26. The van der Waals surface area contributed by atoms with Crippen molar-refractivity contribution in [2.24, 2.45) is 0 Å². The van der Waals surface area contributed by atoms with Crippen LogP contribution in [0.3, 0.4) is 0 Å². The molecule has 3 heteroatoms. The summed E-state index contributed by atoms with van der Waals surface area (Å²) >= 11 is 5.23. The Morgan fingerprint density at radius 1 is 1.43 bits per heavy atom. The summed E-state index contributed by atoms with van der Waals surface area (Å²) in [5.74, 6) is 0.902. The predicted molar refractivity (Wildman–Crippen MR) is 62.0 cm³/mol. The molecule has 74 valence electrons. The molecule has 14 heavy (non-hydrogen) atoms. The van der Waals surface area contributed by atoms with Gasteiger partial charge in [-0.05, 0) is 18.6 Å². The molecular weight excluding hydrogens is 194 g/mol. The smallest absolute Gasteiger partial charge is 0.149 e. The minimum Gasteiger partial charge on any atom is -0.481 e. The Labute approximate surface area is 89.3 Å². The molecule has 1 N–H and O–H groups in total. The van der Waals surface area contributed by atoms with Gasteiger partial charge in [0, 0.05) is 0 Å². The average molecular weight is 207 g/mol. The zero-order chi connectivity index (χ0) is 9.97. The van der Waals surface area contributed by atoms with E-state index in [0.717, 1.165) is 29.3 Å². The van der Waals surface area contributed by atoms with Gasteiger partial charge in [-0.2, -0.15) is 0 Å². The summed E-state index contributed by atoms with van der Waals surface area (Å²) < 4.78 is 5.78. The van der Waals surface area contributed by atoms with Crippen LogP contribution in [0.2, 0.25) is 0 Å². The minimum absolute atomic E-state index is 0.0462. The van der Waals surface area contributed by atoms with Crippen molar-refractivity contribution in [1.82, 2.24) is 0 Å². The van der Waals surface area contributed by atoms with Gasteiger partial charge in [-0.15, -0.1) is 0 Å². The molecular formula is C11H13NOS. The molecule has 0 spiro atoms. The van der Waals surface area contributed by atoms with Crippen molar-refractivity contribution in [1.29, 1.82) is 0 Å². The van der Waals surface area contributed by atoms with Crippen molar-refractivity contribution in [3.05, 3.63) is 24.3 Å². The van der Waals surface area contributed by atoms with E-state index in [4.69, 9.17) is 17.0 Å². The van der Waals surface area contributed by atoms with Crippen molar-refractivity contribution in [3.63, 3.8) is 0 Å². The van der Waals surface area contributed by atoms with Crippen LogP contribution in [0.25, 0.3) is 0 Å². The fourth-order valence-corrected chi connectivity index (χ4v) is 1.82. The summed E-state index contributed by atoms with van der Waals surface area (Å²) in [6, 6.07) is 7.88. The highest BCUT2D eigenvalue weighted by Crippen LogP contribution is 2.30. The fraction of sp³-hybridized carbons (Fsp3) is 0.364. The monoisotopic (exact) mass is 207 g/mol.